The summed E-state index contributed by atoms with van der Waals surface area (Å²) in [4.78, 5) is 10.3. The van der Waals surface area contributed by atoms with Gasteiger partial charge in [-0.2, -0.15) is 0 Å². The van der Waals surface area contributed by atoms with Crippen molar-refractivity contribution in [3.63, 3.8) is 0 Å². The number of aromatic nitrogens is 1. The van der Waals surface area contributed by atoms with Gasteiger partial charge in [0.15, 0.2) is 0 Å². The van der Waals surface area contributed by atoms with E-state index < -0.39 is 4.75 Å². The zero-order valence-corrected chi connectivity index (χ0v) is 27.1. The van der Waals surface area contributed by atoms with E-state index in [0.29, 0.717) is 29.9 Å². The lowest BCUT2D eigenvalue weighted by atomic mass is 9.79. The summed E-state index contributed by atoms with van der Waals surface area (Å²) in [6, 6.07) is 12.6. The van der Waals surface area contributed by atoms with Crippen LogP contribution in [0.4, 0.5) is 0 Å². The van der Waals surface area contributed by atoms with Crippen molar-refractivity contribution in [3.8, 4) is 11.5 Å². The van der Waals surface area contributed by atoms with Crippen molar-refractivity contribution in [1.29, 1.82) is 0 Å². The van der Waals surface area contributed by atoms with Gasteiger partial charge in [-0.3, -0.25) is 4.99 Å². The first-order chi connectivity index (χ1) is 18.6. The van der Waals surface area contributed by atoms with Crippen molar-refractivity contribution in [2.24, 2.45) is 4.99 Å². The highest BCUT2D eigenvalue weighted by Crippen LogP contribution is 2.46. The molecule has 0 fully saturated rings. The predicted molar refractivity (Wildman–Crippen MR) is 170 cm³/mol. The molecule has 0 spiro atoms. The van der Waals surface area contributed by atoms with E-state index in [2.05, 4.69) is 84.6 Å². The molecule has 0 bridgehead atoms. The lowest BCUT2D eigenvalue weighted by molar-refractivity contribution is 0.320. The highest BCUT2D eigenvalue weighted by molar-refractivity contribution is 8.12. The molecule has 4 rings (SSSR count). The van der Waals surface area contributed by atoms with Gasteiger partial charge in [0.1, 0.15) is 17.3 Å². The highest BCUT2D eigenvalue weighted by Gasteiger charge is 2.32. The Bertz CT molecular complexity index is 1300. The SMILES string of the molecule is Cc1oc(C(C)(C)Sc2cc(C(C)(C)C)c(O)c(C(C)(C)C)c2)nc1CCOc1ccc(CC2CN=CS2)cc1. The molecule has 1 N–H and O–H groups in total. The van der Waals surface area contributed by atoms with Crippen molar-refractivity contribution in [3.05, 3.63) is 70.4 Å². The predicted octanol–water partition coefficient (Wildman–Crippen LogP) is 8.62. The molecule has 0 saturated carbocycles. The molecule has 0 saturated heterocycles. The zero-order valence-electron chi connectivity index (χ0n) is 25.4. The summed E-state index contributed by atoms with van der Waals surface area (Å²) < 4.78 is 11.8. The van der Waals surface area contributed by atoms with Gasteiger partial charge in [0.2, 0.25) is 5.89 Å². The fourth-order valence-corrected chi connectivity index (χ4v) is 6.68. The minimum Gasteiger partial charge on any atom is -0.507 e. The maximum Gasteiger partial charge on any atom is 0.210 e. The van der Waals surface area contributed by atoms with Crippen LogP contribution in [0.25, 0.3) is 0 Å². The molecular weight excluding hydrogens is 537 g/mol. The number of aryl methyl sites for hydroxylation is 1. The molecule has 1 aliphatic heterocycles. The lowest BCUT2D eigenvalue weighted by Gasteiger charge is -2.29. The van der Waals surface area contributed by atoms with Gasteiger partial charge in [-0.1, -0.05) is 53.7 Å². The quantitative estimate of drug-likeness (QED) is 0.256. The van der Waals surface area contributed by atoms with Crippen LogP contribution in [0.3, 0.4) is 0 Å². The largest absolute Gasteiger partial charge is 0.507 e. The molecule has 5 nitrogen and oxygen atoms in total. The normalized spacial score (nSPS) is 16.1. The molecule has 0 aliphatic carbocycles. The van der Waals surface area contributed by atoms with E-state index in [1.165, 1.54) is 5.56 Å². The smallest absolute Gasteiger partial charge is 0.210 e. The molecule has 216 valence electrons. The average molecular weight is 581 g/mol. The van der Waals surface area contributed by atoms with E-state index in [-0.39, 0.29) is 10.8 Å². The third-order valence-corrected chi connectivity index (χ3v) is 9.24. The molecule has 2 heterocycles. The van der Waals surface area contributed by atoms with E-state index in [9.17, 15) is 5.11 Å². The number of phenolic OH excluding ortho intramolecular Hbond substituents is 1. The van der Waals surface area contributed by atoms with Gasteiger partial charge in [0.05, 0.1) is 29.1 Å². The Hall–Kier alpha value is -2.38. The monoisotopic (exact) mass is 580 g/mol. The second kappa shape index (κ2) is 11.8. The third-order valence-electron chi connectivity index (χ3n) is 7.11. The number of phenols is 1. The van der Waals surface area contributed by atoms with E-state index in [1.54, 1.807) is 11.8 Å². The van der Waals surface area contributed by atoms with Crippen molar-refractivity contribution in [1.82, 2.24) is 4.98 Å². The average Bonchev–Trinajstić information content (AvgIpc) is 3.50. The Balaban J connectivity index is 1.42. The van der Waals surface area contributed by atoms with Crippen LogP contribution in [0.2, 0.25) is 0 Å². The van der Waals surface area contributed by atoms with Crippen LogP contribution in [-0.2, 0) is 28.4 Å². The molecule has 0 amide bonds. The first-order valence-electron chi connectivity index (χ1n) is 14.0. The number of oxazole rings is 1. The first-order valence-corrected chi connectivity index (χ1v) is 15.8. The third kappa shape index (κ3) is 7.47. The van der Waals surface area contributed by atoms with Crippen molar-refractivity contribution in [2.45, 2.75) is 101 Å². The molecule has 7 heteroatoms. The summed E-state index contributed by atoms with van der Waals surface area (Å²) in [5.74, 6) is 2.79. The molecule has 1 aromatic heterocycles. The fraction of sp³-hybridized carbons (Fsp3) is 0.515. The Morgan fingerprint density at radius 3 is 2.17 bits per heavy atom. The van der Waals surface area contributed by atoms with Crippen LogP contribution < -0.4 is 4.74 Å². The summed E-state index contributed by atoms with van der Waals surface area (Å²) in [5.41, 5.74) is 5.75. The van der Waals surface area contributed by atoms with Crippen LogP contribution in [-0.4, -0.2) is 34.0 Å². The number of ether oxygens (including phenoxy) is 1. The van der Waals surface area contributed by atoms with Crippen LogP contribution >= 0.6 is 23.5 Å². The summed E-state index contributed by atoms with van der Waals surface area (Å²) in [6.45, 7) is 20.5. The minimum atomic E-state index is -0.399. The number of hydrogen-bond donors (Lipinski definition) is 1. The Labute approximate surface area is 248 Å². The maximum absolute atomic E-state index is 11.1. The topological polar surface area (TPSA) is 67.9 Å². The number of aromatic hydroxyl groups is 1. The Morgan fingerprint density at radius 1 is 1.00 bits per heavy atom. The van der Waals surface area contributed by atoms with Gasteiger partial charge < -0.3 is 14.3 Å². The van der Waals surface area contributed by atoms with Crippen LogP contribution in [0.15, 0.2) is 50.7 Å². The van der Waals surface area contributed by atoms with Gasteiger partial charge in [-0.25, -0.2) is 4.98 Å². The summed E-state index contributed by atoms with van der Waals surface area (Å²) in [6.07, 6.45) is 1.70. The highest BCUT2D eigenvalue weighted by atomic mass is 32.2. The fourth-order valence-electron chi connectivity index (χ4n) is 4.76. The number of thioether (sulfide) groups is 2. The first kappa shape index (κ1) is 30.6. The van der Waals surface area contributed by atoms with Gasteiger partial charge in [0.25, 0.3) is 0 Å². The van der Waals surface area contributed by atoms with Crippen LogP contribution in [0, 0.1) is 6.92 Å². The number of rotatable bonds is 9. The van der Waals surface area contributed by atoms with E-state index in [4.69, 9.17) is 14.1 Å². The second-order valence-electron chi connectivity index (χ2n) is 13.2. The van der Waals surface area contributed by atoms with Gasteiger partial charge in [-0.15, -0.1) is 23.5 Å². The molecule has 2 aromatic carbocycles. The Morgan fingerprint density at radius 2 is 1.62 bits per heavy atom. The lowest BCUT2D eigenvalue weighted by Crippen LogP contribution is -2.18. The maximum atomic E-state index is 11.1. The number of benzene rings is 2. The van der Waals surface area contributed by atoms with Crippen molar-refractivity contribution < 1.29 is 14.3 Å². The van der Waals surface area contributed by atoms with Gasteiger partial charge in [-0.05, 0) is 67.9 Å². The summed E-state index contributed by atoms with van der Waals surface area (Å²) in [5, 5.41) is 11.7. The summed E-state index contributed by atoms with van der Waals surface area (Å²) >= 11 is 3.53. The second-order valence-corrected chi connectivity index (χ2v) is 16.0. The van der Waals surface area contributed by atoms with Crippen LogP contribution in [0.1, 0.15) is 89.4 Å². The standard InChI is InChI=1S/C33H44N2O3S2/c1-21-28(14-15-37-23-12-10-22(11-13-23)16-25-19-34-20-39-25)35-30(38-21)33(8,9)40-24-17-26(31(2,3)4)29(36)27(18-24)32(5,6)7/h10-13,17-18,20,25,36H,14-16,19H2,1-9H3. The van der Waals surface area contributed by atoms with Gasteiger partial charge >= 0.3 is 0 Å². The molecule has 1 atom stereocenters. The molecular formula is C33H44N2O3S2. The van der Waals surface area contributed by atoms with Crippen LogP contribution in [0.5, 0.6) is 11.5 Å². The molecule has 1 unspecified atom stereocenters. The molecule has 1 aliphatic rings. The van der Waals surface area contributed by atoms with Crippen molar-refractivity contribution >= 4 is 29.1 Å². The summed E-state index contributed by atoms with van der Waals surface area (Å²) in [7, 11) is 0. The zero-order chi connectivity index (χ0) is 29.3. The number of hydrogen-bond acceptors (Lipinski definition) is 7. The number of nitrogens with zero attached hydrogens (tertiary/aromatic N) is 2. The van der Waals surface area contributed by atoms with Gasteiger partial charge in [0, 0.05) is 27.7 Å². The number of aliphatic imine (C=N–C) groups is 1. The van der Waals surface area contributed by atoms with Crippen molar-refractivity contribution in [2.75, 3.05) is 13.2 Å². The molecule has 40 heavy (non-hydrogen) atoms. The Kier molecular flexibility index (Phi) is 9.06. The van der Waals surface area contributed by atoms with E-state index in [0.717, 1.165) is 46.2 Å². The minimum absolute atomic E-state index is 0.179. The van der Waals surface area contributed by atoms with E-state index in [1.807, 2.05) is 36.4 Å². The molecule has 3 aromatic rings. The van der Waals surface area contributed by atoms with E-state index >= 15 is 0 Å². The molecule has 0 radical (unpaired) electrons.